The van der Waals surface area contributed by atoms with Gasteiger partial charge in [0.05, 0.1) is 18.8 Å². The van der Waals surface area contributed by atoms with Crippen molar-refractivity contribution in [2.75, 3.05) is 20.3 Å². The third-order valence-electron chi connectivity index (χ3n) is 2.44. The third kappa shape index (κ3) is 4.07. The van der Waals surface area contributed by atoms with Gasteiger partial charge in [-0.15, -0.1) is 0 Å². The van der Waals surface area contributed by atoms with Gasteiger partial charge in [0, 0.05) is 19.7 Å². The van der Waals surface area contributed by atoms with E-state index in [4.69, 9.17) is 9.47 Å². The smallest absolute Gasteiger partial charge is 0.0587 e. The van der Waals surface area contributed by atoms with Crippen LogP contribution in [0.4, 0.5) is 0 Å². The van der Waals surface area contributed by atoms with Crippen LogP contribution in [0.1, 0.15) is 26.7 Å². The Hall–Kier alpha value is -0.120. The molecule has 0 radical (unpaired) electrons. The summed E-state index contributed by atoms with van der Waals surface area (Å²) in [7, 11) is 1.73. The summed E-state index contributed by atoms with van der Waals surface area (Å²) in [6.07, 6.45) is 3.02. The number of ether oxygens (including phenoxy) is 2. The molecule has 1 N–H and O–H groups in total. The molecule has 0 bridgehead atoms. The predicted octanol–water partition coefficient (Wildman–Crippen LogP) is 1.18. The zero-order chi connectivity index (χ0) is 9.68. The van der Waals surface area contributed by atoms with Gasteiger partial charge in [-0.3, -0.25) is 0 Å². The Bertz CT molecular complexity index is 131. The number of hydrogen-bond acceptors (Lipinski definition) is 3. The normalized spacial score (nSPS) is 34.8. The van der Waals surface area contributed by atoms with Crippen LogP contribution in [0, 0.1) is 0 Å². The van der Waals surface area contributed by atoms with Gasteiger partial charge in [0.1, 0.15) is 0 Å². The molecule has 0 spiro atoms. The largest absolute Gasteiger partial charge is 0.383 e. The van der Waals surface area contributed by atoms with E-state index in [1.165, 1.54) is 0 Å². The van der Waals surface area contributed by atoms with Crippen molar-refractivity contribution >= 4 is 0 Å². The Morgan fingerprint density at radius 2 is 1.92 bits per heavy atom. The van der Waals surface area contributed by atoms with Gasteiger partial charge in [0.15, 0.2) is 0 Å². The average Bonchev–Trinajstić information content (AvgIpc) is 2.03. The molecule has 0 aromatic heterocycles. The van der Waals surface area contributed by atoms with Crippen LogP contribution in [0.15, 0.2) is 0 Å². The molecule has 1 aliphatic heterocycles. The van der Waals surface area contributed by atoms with Gasteiger partial charge in [-0.25, -0.2) is 0 Å². The number of nitrogens with one attached hydrogen (secondary N) is 1. The highest BCUT2D eigenvalue weighted by molar-refractivity contribution is 4.78. The first-order valence-electron chi connectivity index (χ1n) is 5.10. The second-order valence-corrected chi connectivity index (χ2v) is 3.87. The van der Waals surface area contributed by atoms with E-state index >= 15 is 0 Å². The Balaban J connectivity index is 2.17. The van der Waals surface area contributed by atoms with Gasteiger partial charge < -0.3 is 14.8 Å². The maximum Gasteiger partial charge on any atom is 0.0587 e. The molecule has 0 unspecified atom stereocenters. The molecular weight excluding hydrogens is 166 g/mol. The first kappa shape index (κ1) is 11.0. The molecule has 0 aromatic carbocycles. The molecule has 3 nitrogen and oxygen atoms in total. The van der Waals surface area contributed by atoms with Crippen LogP contribution in [-0.4, -0.2) is 38.5 Å². The van der Waals surface area contributed by atoms with Crippen LogP contribution in [0.3, 0.4) is 0 Å². The van der Waals surface area contributed by atoms with E-state index in [0.29, 0.717) is 18.2 Å². The number of rotatable bonds is 4. The van der Waals surface area contributed by atoms with E-state index < -0.39 is 0 Å². The monoisotopic (exact) mass is 187 g/mol. The lowest BCUT2D eigenvalue weighted by atomic mass is 10.00. The lowest BCUT2D eigenvalue weighted by Crippen LogP contribution is -2.42. The van der Waals surface area contributed by atoms with E-state index in [0.717, 1.165) is 26.0 Å². The molecule has 0 amide bonds. The van der Waals surface area contributed by atoms with Crippen molar-refractivity contribution in [3.8, 4) is 0 Å². The quantitative estimate of drug-likeness (QED) is 0.670. The topological polar surface area (TPSA) is 30.5 Å². The maximum absolute atomic E-state index is 5.65. The van der Waals surface area contributed by atoms with Crippen molar-refractivity contribution in [3.05, 3.63) is 0 Å². The van der Waals surface area contributed by atoms with Crippen molar-refractivity contribution in [2.24, 2.45) is 0 Å². The number of hydrogen-bond donors (Lipinski definition) is 1. The number of methoxy groups -OCH3 is 1. The summed E-state index contributed by atoms with van der Waals surface area (Å²) in [5.41, 5.74) is 0. The lowest BCUT2D eigenvalue weighted by Gasteiger charge is -2.32. The minimum atomic E-state index is 0.392. The first-order chi connectivity index (χ1) is 6.22. The average molecular weight is 187 g/mol. The fourth-order valence-corrected chi connectivity index (χ4v) is 1.94. The van der Waals surface area contributed by atoms with Gasteiger partial charge in [-0.2, -0.15) is 0 Å². The van der Waals surface area contributed by atoms with Crippen LogP contribution in [0.2, 0.25) is 0 Å². The Kier molecular flexibility index (Phi) is 4.70. The van der Waals surface area contributed by atoms with E-state index in [9.17, 15) is 0 Å². The van der Waals surface area contributed by atoms with Crippen LogP contribution in [-0.2, 0) is 9.47 Å². The van der Waals surface area contributed by atoms with E-state index in [1.54, 1.807) is 7.11 Å². The van der Waals surface area contributed by atoms with Crippen LogP contribution >= 0.6 is 0 Å². The predicted molar refractivity (Wildman–Crippen MR) is 52.9 cm³/mol. The highest BCUT2D eigenvalue weighted by Gasteiger charge is 2.23. The van der Waals surface area contributed by atoms with E-state index in [1.807, 2.05) is 0 Å². The molecule has 1 rings (SSSR count). The summed E-state index contributed by atoms with van der Waals surface area (Å²) in [5.74, 6) is 0. The highest BCUT2D eigenvalue weighted by atomic mass is 16.5. The van der Waals surface area contributed by atoms with E-state index in [2.05, 4.69) is 19.2 Å². The zero-order valence-electron chi connectivity index (χ0n) is 8.88. The van der Waals surface area contributed by atoms with Gasteiger partial charge in [0.2, 0.25) is 0 Å². The first-order valence-corrected chi connectivity index (χ1v) is 5.10. The van der Waals surface area contributed by atoms with Crippen molar-refractivity contribution in [1.82, 2.24) is 5.32 Å². The minimum absolute atomic E-state index is 0.392. The van der Waals surface area contributed by atoms with Gasteiger partial charge in [-0.05, 0) is 26.7 Å². The van der Waals surface area contributed by atoms with Crippen LogP contribution < -0.4 is 5.32 Å². The fourth-order valence-electron chi connectivity index (χ4n) is 1.94. The molecule has 0 aliphatic carbocycles. The van der Waals surface area contributed by atoms with Crippen molar-refractivity contribution in [3.63, 3.8) is 0 Å². The Labute approximate surface area is 80.8 Å². The molecule has 78 valence electrons. The highest BCUT2D eigenvalue weighted by Crippen LogP contribution is 2.18. The molecule has 1 aliphatic rings. The van der Waals surface area contributed by atoms with Crippen molar-refractivity contribution < 1.29 is 9.47 Å². The summed E-state index contributed by atoms with van der Waals surface area (Å²) in [6.45, 7) is 6.02. The summed E-state index contributed by atoms with van der Waals surface area (Å²) < 4.78 is 10.6. The fraction of sp³-hybridized carbons (Fsp3) is 1.00. The lowest BCUT2D eigenvalue weighted by molar-refractivity contribution is -0.0425. The van der Waals surface area contributed by atoms with Crippen LogP contribution in [0.25, 0.3) is 0 Å². The Morgan fingerprint density at radius 3 is 2.46 bits per heavy atom. The summed E-state index contributed by atoms with van der Waals surface area (Å²) >= 11 is 0. The molecule has 1 heterocycles. The third-order valence-corrected chi connectivity index (χ3v) is 2.44. The maximum atomic E-state index is 5.65. The second-order valence-electron chi connectivity index (χ2n) is 3.87. The minimum Gasteiger partial charge on any atom is -0.383 e. The molecule has 2 atom stereocenters. The summed E-state index contributed by atoms with van der Waals surface area (Å²) in [4.78, 5) is 0. The SMILES string of the molecule is COCCNC1C[C@@H](C)O[C@H](C)C1. The summed E-state index contributed by atoms with van der Waals surface area (Å²) in [5, 5.41) is 3.48. The molecule has 1 saturated heterocycles. The Morgan fingerprint density at radius 1 is 1.31 bits per heavy atom. The van der Waals surface area contributed by atoms with Crippen LogP contribution in [0.5, 0.6) is 0 Å². The summed E-state index contributed by atoms with van der Waals surface area (Å²) in [6, 6.07) is 0.605. The van der Waals surface area contributed by atoms with E-state index in [-0.39, 0.29) is 0 Å². The van der Waals surface area contributed by atoms with Gasteiger partial charge >= 0.3 is 0 Å². The molecular formula is C10H21NO2. The molecule has 13 heavy (non-hydrogen) atoms. The second kappa shape index (κ2) is 5.58. The van der Waals surface area contributed by atoms with Crippen molar-refractivity contribution in [1.29, 1.82) is 0 Å². The molecule has 0 aromatic rings. The van der Waals surface area contributed by atoms with Gasteiger partial charge in [0.25, 0.3) is 0 Å². The molecule has 0 saturated carbocycles. The zero-order valence-corrected chi connectivity index (χ0v) is 8.88. The molecule has 3 heteroatoms. The van der Waals surface area contributed by atoms with Gasteiger partial charge in [-0.1, -0.05) is 0 Å². The van der Waals surface area contributed by atoms with Crippen molar-refractivity contribution in [2.45, 2.75) is 44.9 Å². The standard InChI is InChI=1S/C10H21NO2/c1-8-6-10(7-9(2)13-8)11-4-5-12-3/h8-11H,4-7H2,1-3H3/t8-,9-/m1/s1. The molecule has 1 fully saturated rings.